The second-order valence-electron chi connectivity index (χ2n) is 4.25. The van der Waals surface area contributed by atoms with E-state index in [1.807, 2.05) is 5.43 Å². The lowest BCUT2D eigenvalue weighted by Gasteiger charge is -2.12. The molecule has 0 aromatic heterocycles. The van der Waals surface area contributed by atoms with Crippen LogP contribution in [0, 0.1) is 0 Å². The smallest absolute Gasteiger partial charge is 0.308 e. The lowest BCUT2D eigenvalue weighted by Crippen LogP contribution is -2.31. The largest absolute Gasteiger partial charge is 0.323 e. The van der Waals surface area contributed by atoms with Crippen molar-refractivity contribution in [1.82, 2.24) is 5.43 Å². The maximum atomic E-state index is 12.0. The van der Waals surface area contributed by atoms with Crippen LogP contribution < -0.4 is 21.9 Å². The molecule has 0 aliphatic carbocycles. The van der Waals surface area contributed by atoms with E-state index in [0.29, 0.717) is 20.9 Å². The third-order valence-electron chi connectivity index (χ3n) is 2.69. The highest BCUT2D eigenvalue weighted by Gasteiger charge is 2.13. The van der Waals surface area contributed by atoms with Gasteiger partial charge in [-0.15, -0.1) is 0 Å². The molecule has 0 unspecified atom stereocenters. The van der Waals surface area contributed by atoms with Crippen molar-refractivity contribution in [2.45, 2.75) is 0 Å². The number of halogens is 2. The highest BCUT2D eigenvalue weighted by Crippen LogP contribution is 2.22. The molecule has 22 heavy (non-hydrogen) atoms. The Morgan fingerprint density at radius 2 is 1.86 bits per heavy atom. The Hall–Kier alpha value is -2.09. The fourth-order valence-corrected chi connectivity index (χ4v) is 2.30. The zero-order valence-electron chi connectivity index (χ0n) is 11.2. The number of anilines is 2. The van der Waals surface area contributed by atoms with Gasteiger partial charge in [0.2, 0.25) is 0 Å². The number of amides is 3. The zero-order valence-corrected chi connectivity index (χ0v) is 13.5. The van der Waals surface area contributed by atoms with E-state index >= 15 is 0 Å². The quantitative estimate of drug-likeness (QED) is 0.372. The molecule has 0 aliphatic heterocycles. The first kappa shape index (κ1) is 16.3. The van der Waals surface area contributed by atoms with Gasteiger partial charge in [0.05, 0.1) is 11.3 Å². The number of hydrazine groups is 1. The molecule has 0 radical (unpaired) electrons. The number of nitrogen functional groups attached to an aromatic ring is 1. The number of nitrogens with one attached hydrogen (secondary N) is 3. The van der Waals surface area contributed by atoms with Gasteiger partial charge < -0.3 is 10.6 Å². The minimum Gasteiger partial charge on any atom is -0.308 e. The van der Waals surface area contributed by atoms with Crippen LogP contribution >= 0.6 is 27.5 Å². The van der Waals surface area contributed by atoms with Crippen molar-refractivity contribution in [3.63, 3.8) is 0 Å². The molecule has 0 aliphatic rings. The van der Waals surface area contributed by atoms with Gasteiger partial charge in [0.1, 0.15) is 0 Å². The molecule has 5 N–H and O–H groups in total. The van der Waals surface area contributed by atoms with Crippen molar-refractivity contribution in [2.75, 3.05) is 10.6 Å². The van der Waals surface area contributed by atoms with Gasteiger partial charge in [-0.1, -0.05) is 33.6 Å². The SMILES string of the molecule is NNC(=O)c1ccc(Br)cc1NC(=O)Nc1cccc(Cl)c1. The van der Waals surface area contributed by atoms with Crippen molar-refractivity contribution in [2.24, 2.45) is 5.84 Å². The first-order valence-electron chi connectivity index (χ1n) is 6.13. The van der Waals surface area contributed by atoms with Gasteiger partial charge in [-0.05, 0) is 36.4 Å². The Balaban J connectivity index is 2.17. The first-order chi connectivity index (χ1) is 10.5. The summed E-state index contributed by atoms with van der Waals surface area (Å²) in [5, 5.41) is 5.72. The van der Waals surface area contributed by atoms with Crippen molar-refractivity contribution >= 4 is 50.8 Å². The predicted molar refractivity (Wildman–Crippen MR) is 89.9 cm³/mol. The number of nitrogens with two attached hydrogens (primary N) is 1. The summed E-state index contributed by atoms with van der Waals surface area (Å²) in [4.78, 5) is 23.7. The number of urea groups is 1. The summed E-state index contributed by atoms with van der Waals surface area (Å²) >= 11 is 9.13. The average Bonchev–Trinajstić information content (AvgIpc) is 2.46. The molecule has 0 fully saturated rings. The van der Waals surface area contributed by atoms with Crippen molar-refractivity contribution in [1.29, 1.82) is 0 Å². The van der Waals surface area contributed by atoms with Gasteiger partial charge in [-0.2, -0.15) is 0 Å². The summed E-state index contributed by atoms with van der Waals surface area (Å²) in [6, 6.07) is 11.0. The Morgan fingerprint density at radius 3 is 2.55 bits per heavy atom. The standard InChI is InChI=1S/C14H12BrClN4O2/c15-8-4-5-11(13(21)20-17)12(6-8)19-14(22)18-10-3-1-2-9(16)7-10/h1-7H,17H2,(H,20,21)(H2,18,19,22). The molecule has 2 rings (SSSR count). The summed E-state index contributed by atoms with van der Waals surface area (Å²) in [6.45, 7) is 0. The Morgan fingerprint density at radius 1 is 1.09 bits per heavy atom. The van der Waals surface area contributed by atoms with Crippen LogP contribution in [0.1, 0.15) is 10.4 Å². The zero-order chi connectivity index (χ0) is 16.1. The Bertz CT molecular complexity index is 724. The van der Waals surface area contributed by atoms with Gasteiger partial charge in [-0.25, -0.2) is 10.6 Å². The summed E-state index contributed by atoms with van der Waals surface area (Å²) in [7, 11) is 0. The predicted octanol–water partition coefficient (Wildman–Crippen LogP) is 3.35. The number of rotatable bonds is 3. The van der Waals surface area contributed by atoms with E-state index in [2.05, 4.69) is 26.6 Å². The molecule has 0 atom stereocenters. The molecular weight excluding hydrogens is 372 g/mol. The molecule has 0 spiro atoms. The first-order valence-corrected chi connectivity index (χ1v) is 7.31. The number of carbonyl (C=O) groups excluding carboxylic acids is 2. The lowest BCUT2D eigenvalue weighted by molar-refractivity contribution is 0.0954. The second kappa shape index (κ2) is 7.26. The van der Waals surface area contributed by atoms with Crippen LogP contribution in [0.25, 0.3) is 0 Å². The number of hydrogen-bond acceptors (Lipinski definition) is 3. The molecule has 6 nitrogen and oxygen atoms in total. The van der Waals surface area contributed by atoms with Crippen molar-refractivity contribution in [3.8, 4) is 0 Å². The third-order valence-corrected chi connectivity index (χ3v) is 3.42. The maximum absolute atomic E-state index is 12.0. The summed E-state index contributed by atoms with van der Waals surface area (Å²) < 4.78 is 0.708. The maximum Gasteiger partial charge on any atom is 0.323 e. The van der Waals surface area contributed by atoms with Gasteiger partial charge in [0.25, 0.3) is 5.91 Å². The summed E-state index contributed by atoms with van der Waals surface area (Å²) in [6.07, 6.45) is 0. The monoisotopic (exact) mass is 382 g/mol. The van der Waals surface area contributed by atoms with E-state index in [9.17, 15) is 9.59 Å². The topological polar surface area (TPSA) is 96.2 Å². The van der Waals surface area contributed by atoms with Crippen LogP contribution in [0.2, 0.25) is 5.02 Å². The summed E-state index contributed by atoms with van der Waals surface area (Å²) in [5.41, 5.74) is 3.12. The molecule has 8 heteroatoms. The molecular formula is C14H12BrClN4O2. The van der Waals surface area contributed by atoms with Crippen LogP contribution in [0.15, 0.2) is 46.9 Å². The molecule has 0 bridgehead atoms. The molecule has 3 amide bonds. The highest BCUT2D eigenvalue weighted by atomic mass is 79.9. The van der Waals surface area contributed by atoms with E-state index < -0.39 is 11.9 Å². The number of hydrogen-bond donors (Lipinski definition) is 4. The number of benzene rings is 2. The molecule has 2 aromatic rings. The van der Waals surface area contributed by atoms with Crippen LogP contribution in [-0.2, 0) is 0 Å². The van der Waals surface area contributed by atoms with Crippen molar-refractivity contribution < 1.29 is 9.59 Å². The fraction of sp³-hybridized carbons (Fsp3) is 0. The summed E-state index contributed by atoms with van der Waals surface area (Å²) in [5.74, 6) is 4.62. The third kappa shape index (κ3) is 4.20. The van der Waals surface area contributed by atoms with E-state index in [-0.39, 0.29) is 5.56 Å². The lowest BCUT2D eigenvalue weighted by atomic mass is 10.1. The Labute approximate surface area is 140 Å². The van der Waals surface area contributed by atoms with E-state index in [1.54, 1.807) is 42.5 Å². The van der Waals surface area contributed by atoms with Crippen LogP contribution in [0.3, 0.4) is 0 Å². The second-order valence-corrected chi connectivity index (χ2v) is 5.60. The molecule has 0 saturated heterocycles. The molecule has 0 heterocycles. The molecule has 0 saturated carbocycles. The van der Waals surface area contributed by atoms with Gasteiger partial charge in [-0.3, -0.25) is 10.2 Å². The van der Waals surface area contributed by atoms with Gasteiger partial charge >= 0.3 is 6.03 Å². The molecule has 2 aromatic carbocycles. The molecule has 114 valence electrons. The minimum atomic E-state index is -0.509. The Kier molecular flexibility index (Phi) is 5.37. The van der Waals surface area contributed by atoms with E-state index in [1.165, 1.54) is 0 Å². The average molecular weight is 384 g/mol. The fourth-order valence-electron chi connectivity index (χ4n) is 1.75. The van der Waals surface area contributed by atoms with E-state index in [4.69, 9.17) is 17.4 Å². The normalized spacial score (nSPS) is 9.95. The van der Waals surface area contributed by atoms with Crippen LogP contribution in [0.5, 0.6) is 0 Å². The van der Waals surface area contributed by atoms with Crippen LogP contribution in [-0.4, -0.2) is 11.9 Å². The minimum absolute atomic E-state index is 0.243. The van der Waals surface area contributed by atoms with Gasteiger partial charge in [0, 0.05) is 15.2 Å². The highest BCUT2D eigenvalue weighted by molar-refractivity contribution is 9.10. The van der Waals surface area contributed by atoms with Crippen molar-refractivity contribution in [3.05, 3.63) is 57.5 Å². The van der Waals surface area contributed by atoms with Crippen LogP contribution in [0.4, 0.5) is 16.2 Å². The van der Waals surface area contributed by atoms with Gasteiger partial charge in [0.15, 0.2) is 0 Å². The van der Waals surface area contributed by atoms with E-state index in [0.717, 1.165) is 0 Å². The number of carbonyl (C=O) groups is 2.